The number of hydrogen-bond acceptors (Lipinski definition) is 2. The Balaban J connectivity index is 2.62. The number of benzene rings is 1. The molecule has 1 heterocycles. The van der Waals surface area contributed by atoms with Crippen molar-refractivity contribution in [1.29, 1.82) is 0 Å². The van der Waals surface area contributed by atoms with Gasteiger partial charge in [-0.15, -0.1) is 0 Å². The number of nitrogens with zero attached hydrogens (tertiary/aromatic N) is 2. The molecule has 1 unspecified atom stereocenters. The number of aliphatic hydroxyl groups is 1. The molecule has 102 valence electrons. The summed E-state index contributed by atoms with van der Waals surface area (Å²) in [6.45, 7) is 4.58. The molecule has 1 N–H and O–H groups in total. The molecule has 1 aromatic heterocycles. The summed E-state index contributed by atoms with van der Waals surface area (Å²) >= 11 is 9.66. The van der Waals surface area contributed by atoms with Crippen molar-refractivity contribution in [2.75, 3.05) is 0 Å². The third-order valence-corrected chi connectivity index (χ3v) is 4.07. The maximum absolute atomic E-state index is 11.1. The van der Waals surface area contributed by atoms with Gasteiger partial charge in [-0.1, -0.05) is 46.6 Å². The van der Waals surface area contributed by atoms with Crippen molar-refractivity contribution >= 4 is 27.5 Å². The lowest BCUT2D eigenvalue weighted by atomic mass is 9.87. The van der Waals surface area contributed by atoms with E-state index < -0.39 is 5.60 Å². The highest BCUT2D eigenvalue weighted by molar-refractivity contribution is 9.10. The van der Waals surface area contributed by atoms with Crippen molar-refractivity contribution in [1.82, 2.24) is 9.78 Å². The summed E-state index contributed by atoms with van der Waals surface area (Å²) in [6.07, 6.45) is 2.11. The van der Waals surface area contributed by atoms with Crippen molar-refractivity contribution < 1.29 is 5.11 Å². The zero-order chi connectivity index (χ0) is 14.0. The number of hydrogen-bond donors (Lipinski definition) is 1. The Labute approximate surface area is 126 Å². The van der Waals surface area contributed by atoms with Crippen LogP contribution in [0, 0.1) is 0 Å². The number of aryl methyl sites for hydroxylation is 1. The molecule has 1 aromatic carbocycles. The van der Waals surface area contributed by atoms with Crippen molar-refractivity contribution in [3.63, 3.8) is 0 Å². The van der Waals surface area contributed by atoms with Crippen LogP contribution in [0.15, 0.2) is 34.9 Å². The molecule has 5 heteroatoms. The van der Waals surface area contributed by atoms with E-state index in [9.17, 15) is 5.11 Å². The molecule has 0 radical (unpaired) electrons. The Morgan fingerprint density at radius 3 is 2.74 bits per heavy atom. The van der Waals surface area contributed by atoms with Gasteiger partial charge in [0.2, 0.25) is 0 Å². The summed E-state index contributed by atoms with van der Waals surface area (Å²) in [7, 11) is 0. The van der Waals surface area contributed by atoms with Gasteiger partial charge in [0, 0.05) is 11.0 Å². The van der Waals surface area contributed by atoms with E-state index in [2.05, 4.69) is 21.0 Å². The van der Waals surface area contributed by atoms with Gasteiger partial charge < -0.3 is 5.11 Å². The van der Waals surface area contributed by atoms with Gasteiger partial charge in [-0.05, 0) is 31.0 Å². The van der Waals surface area contributed by atoms with Crippen molar-refractivity contribution in [2.45, 2.75) is 32.4 Å². The third kappa shape index (κ3) is 2.57. The fourth-order valence-corrected chi connectivity index (χ4v) is 2.96. The maximum atomic E-state index is 11.1. The van der Waals surface area contributed by atoms with E-state index in [0.717, 1.165) is 10.0 Å². The Morgan fingerprint density at radius 1 is 1.42 bits per heavy atom. The first kappa shape index (κ1) is 14.6. The monoisotopic (exact) mass is 342 g/mol. The van der Waals surface area contributed by atoms with Gasteiger partial charge in [0.25, 0.3) is 0 Å². The second kappa shape index (κ2) is 5.65. The van der Waals surface area contributed by atoms with Crippen molar-refractivity contribution in [3.8, 4) is 0 Å². The van der Waals surface area contributed by atoms with Crippen LogP contribution in [0.4, 0.5) is 0 Å². The zero-order valence-electron chi connectivity index (χ0n) is 10.9. The van der Waals surface area contributed by atoms with Crippen LogP contribution in [0.1, 0.15) is 31.5 Å². The molecule has 0 saturated carbocycles. The van der Waals surface area contributed by atoms with E-state index in [0.29, 0.717) is 23.7 Å². The van der Waals surface area contributed by atoms with Crippen LogP contribution in [0.3, 0.4) is 0 Å². The molecule has 0 aliphatic rings. The van der Waals surface area contributed by atoms with Crippen molar-refractivity contribution in [2.24, 2.45) is 0 Å². The van der Waals surface area contributed by atoms with E-state index in [1.54, 1.807) is 10.9 Å². The minimum Gasteiger partial charge on any atom is -0.379 e. The van der Waals surface area contributed by atoms with Crippen LogP contribution < -0.4 is 0 Å². The fourth-order valence-electron chi connectivity index (χ4n) is 2.27. The lowest BCUT2D eigenvalue weighted by molar-refractivity contribution is 0.0667. The van der Waals surface area contributed by atoms with Gasteiger partial charge in [0.1, 0.15) is 5.60 Å². The summed E-state index contributed by atoms with van der Waals surface area (Å²) in [4.78, 5) is 0. The first-order valence-corrected chi connectivity index (χ1v) is 7.40. The second-order valence-electron chi connectivity index (χ2n) is 4.38. The summed E-state index contributed by atoms with van der Waals surface area (Å²) < 4.78 is 2.67. The van der Waals surface area contributed by atoms with Crippen LogP contribution in [-0.2, 0) is 12.1 Å². The van der Waals surface area contributed by atoms with Crippen LogP contribution in [0.25, 0.3) is 0 Å². The Kier molecular flexibility index (Phi) is 4.33. The van der Waals surface area contributed by atoms with Gasteiger partial charge in [0.15, 0.2) is 0 Å². The highest BCUT2D eigenvalue weighted by Gasteiger charge is 2.35. The fraction of sp³-hybridized carbons (Fsp3) is 0.357. The average molecular weight is 344 g/mol. The molecule has 2 aromatic rings. The minimum absolute atomic E-state index is 0.492. The molecule has 0 amide bonds. The Hall–Kier alpha value is -0.840. The van der Waals surface area contributed by atoms with Crippen LogP contribution in [0.5, 0.6) is 0 Å². The van der Waals surface area contributed by atoms with E-state index in [4.69, 9.17) is 11.6 Å². The lowest BCUT2D eigenvalue weighted by Crippen LogP contribution is -2.30. The molecule has 0 aliphatic heterocycles. The van der Waals surface area contributed by atoms with Gasteiger partial charge in [-0.3, -0.25) is 4.68 Å². The first-order chi connectivity index (χ1) is 9.02. The molecule has 0 saturated heterocycles. The summed E-state index contributed by atoms with van der Waals surface area (Å²) in [5.74, 6) is 0. The Morgan fingerprint density at radius 2 is 2.16 bits per heavy atom. The molecule has 0 fully saturated rings. The molecule has 2 rings (SSSR count). The first-order valence-electron chi connectivity index (χ1n) is 6.23. The largest absolute Gasteiger partial charge is 0.379 e. The maximum Gasteiger partial charge on any atom is 0.132 e. The van der Waals surface area contributed by atoms with E-state index in [1.807, 2.05) is 38.1 Å². The molecular weight excluding hydrogens is 328 g/mol. The van der Waals surface area contributed by atoms with Crippen molar-refractivity contribution in [3.05, 3.63) is 51.2 Å². The molecule has 0 aliphatic carbocycles. The standard InChI is InChI=1S/C14H16BrClN2O/c1-3-14(19,10-6-5-7-11(15)8-10)13-12(16)9-17-18(13)4-2/h5-9,19H,3-4H2,1-2H3. The quantitative estimate of drug-likeness (QED) is 0.912. The number of aromatic nitrogens is 2. The Bertz CT molecular complexity index is 585. The summed E-state index contributed by atoms with van der Waals surface area (Å²) in [5.41, 5.74) is 0.326. The van der Waals surface area contributed by atoms with E-state index in [-0.39, 0.29) is 0 Å². The SMILES string of the molecule is CCn1ncc(Cl)c1C(O)(CC)c1cccc(Br)c1. The van der Waals surface area contributed by atoms with Crippen LogP contribution in [0.2, 0.25) is 5.02 Å². The third-order valence-electron chi connectivity index (χ3n) is 3.30. The highest BCUT2D eigenvalue weighted by Crippen LogP contribution is 2.37. The van der Waals surface area contributed by atoms with Gasteiger partial charge in [-0.2, -0.15) is 5.10 Å². The molecule has 0 bridgehead atoms. The summed E-state index contributed by atoms with van der Waals surface area (Å²) in [5, 5.41) is 15.8. The average Bonchev–Trinajstić information content (AvgIpc) is 2.79. The molecule has 19 heavy (non-hydrogen) atoms. The predicted octanol–water partition coefficient (Wildman–Crippen LogP) is 3.96. The second-order valence-corrected chi connectivity index (χ2v) is 5.70. The van der Waals surface area contributed by atoms with E-state index >= 15 is 0 Å². The normalized spacial score (nSPS) is 14.4. The lowest BCUT2D eigenvalue weighted by Gasteiger charge is -2.28. The zero-order valence-corrected chi connectivity index (χ0v) is 13.2. The predicted molar refractivity (Wildman–Crippen MR) is 80.3 cm³/mol. The van der Waals surface area contributed by atoms with Crippen LogP contribution >= 0.6 is 27.5 Å². The topological polar surface area (TPSA) is 38.0 Å². The molecule has 1 atom stereocenters. The molecule has 0 spiro atoms. The highest BCUT2D eigenvalue weighted by atomic mass is 79.9. The van der Waals surface area contributed by atoms with Crippen LogP contribution in [-0.4, -0.2) is 14.9 Å². The minimum atomic E-state index is -1.13. The summed E-state index contributed by atoms with van der Waals surface area (Å²) in [6, 6.07) is 7.64. The smallest absolute Gasteiger partial charge is 0.132 e. The van der Waals surface area contributed by atoms with Gasteiger partial charge in [0.05, 0.1) is 16.9 Å². The number of rotatable bonds is 4. The molecular formula is C14H16BrClN2O. The van der Waals surface area contributed by atoms with Gasteiger partial charge in [-0.25, -0.2) is 0 Å². The van der Waals surface area contributed by atoms with Gasteiger partial charge >= 0.3 is 0 Å². The number of halogens is 2. The molecule has 3 nitrogen and oxygen atoms in total. The van der Waals surface area contributed by atoms with E-state index in [1.165, 1.54) is 0 Å².